The van der Waals surface area contributed by atoms with Crippen molar-refractivity contribution in [1.29, 1.82) is 0 Å². The molecule has 0 saturated carbocycles. The lowest BCUT2D eigenvalue weighted by Crippen LogP contribution is -1.95. The number of para-hydroxylation sites is 1. The van der Waals surface area contributed by atoms with E-state index in [9.17, 15) is 9.90 Å². The van der Waals surface area contributed by atoms with E-state index in [0.717, 1.165) is 11.0 Å². The number of phenols is 1. The first kappa shape index (κ1) is 11.3. The second-order valence-corrected chi connectivity index (χ2v) is 4.19. The highest BCUT2D eigenvalue weighted by atomic mass is 16.4. The molecule has 0 aliphatic heterocycles. The molecule has 0 bridgehead atoms. The Labute approximate surface area is 108 Å². The molecular weight excluding hydrogens is 244 g/mol. The van der Waals surface area contributed by atoms with Gasteiger partial charge in [0.25, 0.3) is 0 Å². The van der Waals surface area contributed by atoms with Crippen LogP contribution in [0, 0.1) is 0 Å². The molecule has 0 aliphatic rings. The Morgan fingerprint density at radius 1 is 1.05 bits per heavy atom. The number of rotatable bonds is 2. The van der Waals surface area contributed by atoms with Gasteiger partial charge >= 0.3 is 5.97 Å². The predicted molar refractivity (Wildman–Crippen MR) is 70.3 cm³/mol. The summed E-state index contributed by atoms with van der Waals surface area (Å²) in [5.74, 6) is -0.680. The summed E-state index contributed by atoms with van der Waals surface area (Å²) in [6.07, 6.45) is 0. The molecule has 3 rings (SSSR count). The largest absolute Gasteiger partial charge is 0.507 e. The van der Waals surface area contributed by atoms with E-state index in [1.54, 1.807) is 0 Å². The third-order valence-electron chi connectivity index (χ3n) is 2.94. The van der Waals surface area contributed by atoms with Crippen LogP contribution in [-0.4, -0.2) is 16.2 Å². The summed E-state index contributed by atoms with van der Waals surface area (Å²) in [5.41, 5.74) is 1.23. The van der Waals surface area contributed by atoms with Gasteiger partial charge in [0.05, 0.1) is 11.1 Å². The van der Waals surface area contributed by atoms with Crippen molar-refractivity contribution in [3.63, 3.8) is 0 Å². The Balaban J connectivity index is 2.13. The van der Waals surface area contributed by atoms with Crippen LogP contribution in [-0.2, 0) is 0 Å². The molecule has 19 heavy (non-hydrogen) atoms. The van der Waals surface area contributed by atoms with Gasteiger partial charge in [-0.15, -0.1) is 0 Å². The van der Waals surface area contributed by atoms with Crippen molar-refractivity contribution in [2.75, 3.05) is 0 Å². The molecule has 0 aliphatic carbocycles. The van der Waals surface area contributed by atoms with Gasteiger partial charge < -0.3 is 14.6 Å². The van der Waals surface area contributed by atoms with Crippen LogP contribution in [0.5, 0.6) is 5.75 Å². The summed E-state index contributed by atoms with van der Waals surface area (Å²) >= 11 is 0. The van der Waals surface area contributed by atoms with Gasteiger partial charge in [0.1, 0.15) is 17.1 Å². The van der Waals surface area contributed by atoms with E-state index in [1.165, 1.54) is 18.2 Å². The van der Waals surface area contributed by atoms with Crippen molar-refractivity contribution in [3.05, 3.63) is 54.1 Å². The first-order chi connectivity index (χ1) is 9.15. The zero-order valence-corrected chi connectivity index (χ0v) is 9.83. The minimum atomic E-state index is -1.08. The Morgan fingerprint density at radius 3 is 2.53 bits per heavy atom. The lowest BCUT2D eigenvalue weighted by atomic mass is 10.1. The molecule has 0 radical (unpaired) electrons. The lowest BCUT2D eigenvalue weighted by molar-refractivity contribution is 0.0696. The van der Waals surface area contributed by atoms with Crippen LogP contribution < -0.4 is 0 Å². The zero-order chi connectivity index (χ0) is 13.4. The molecule has 3 aromatic rings. The molecular formula is C15H10O4. The van der Waals surface area contributed by atoms with E-state index in [4.69, 9.17) is 9.52 Å². The van der Waals surface area contributed by atoms with Gasteiger partial charge in [0.2, 0.25) is 0 Å². The highest BCUT2D eigenvalue weighted by Crippen LogP contribution is 2.33. The van der Waals surface area contributed by atoms with Crippen molar-refractivity contribution in [2.45, 2.75) is 0 Å². The molecule has 0 unspecified atom stereocenters. The number of hydrogen-bond acceptors (Lipinski definition) is 3. The van der Waals surface area contributed by atoms with E-state index in [2.05, 4.69) is 0 Å². The topological polar surface area (TPSA) is 70.7 Å². The molecule has 2 aromatic carbocycles. The molecule has 0 saturated heterocycles. The number of carbonyl (C=O) groups is 1. The van der Waals surface area contributed by atoms with Crippen LogP contribution >= 0.6 is 0 Å². The number of hydrogen-bond donors (Lipinski definition) is 2. The molecule has 4 nitrogen and oxygen atoms in total. The summed E-state index contributed by atoms with van der Waals surface area (Å²) in [4.78, 5) is 10.8. The van der Waals surface area contributed by atoms with Crippen LogP contribution in [0.2, 0.25) is 0 Å². The SMILES string of the molecule is O=C(O)c1ccc(-c2cc3ccccc3o2)c(O)c1. The lowest BCUT2D eigenvalue weighted by Gasteiger charge is -2.02. The van der Waals surface area contributed by atoms with Crippen molar-refractivity contribution in [2.24, 2.45) is 0 Å². The molecule has 94 valence electrons. The third kappa shape index (κ3) is 1.93. The second-order valence-electron chi connectivity index (χ2n) is 4.19. The average molecular weight is 254 g/mol. The van der Waals surface area contributed by atoms with Crippen LogP contribution in [0.1, 0.15) is 10.4 Å². The van der Waals surface area contributed by atoms with E-state index >= 15 is 0 Å². The van der Waals surface area contributed by atoms with E-state index < -0.39 is 5.97 Å². The van der Waals surface area contributed by atoms with Crippen LogP contribution in [0.15, 0.2) is 52.9 Å². The first-order valence-corrected chi connectivity index (χ1v) is 5.70. The summed E-state index contributed by atoms with van der Waals surface area (Å²) in [6.45, 7) is 0. The number of carboxylic acids is 1. The normalized spacial score (nSPS) is 10.7. The van der Waals surface area contributed by atoms with Crippen molar-refractivity contribution < 1.29 is 19.4 Å². The van der Waals surface area contributed by atoms with Gasteiger partial charge in [0, 0.05) is 5.39 Å². The number of furan rings is 1. The van der Waals surface area contributed by atoms with E-state index in [0.29, 0.717) is 11.3 Å². The van der Waals surface area contributed by atoms with Gasteiger partial charge in [-0.3, -0.25) is 0 Å². The molecule has 0 atom stereocenters. The summed E-state index contributed by atoms with van der Waals surface area (Å²) < 4.78 is 5.63. The summed E-state index contributed by atoms with van der Waals surface area (Å²) in [5, 5.41) is 19.7. The minimum absolute atomic E-state index is 0.0392. The fourth-order valence-electron chi connectivity index (χ4n) is 1.99. The fraction of sp³-hybridized carbons (Fsp3) is 0. The van der Waals surface area contributed by atoms with Crippen molar-refractivity contribution in [1.82, 2.24) is 0 Å². The molecule has 4 heteroatoms. The van der Waals surface area contributed by atoms with Crippen LogP contribution in [0.3, 0.4) is 0 Å². The number of phenolic OH excluding ortho intramolecular Hbond substituents is 1. The highest BCUT2D eigenvalue weighted by Gasteiger charge is 2.12. The van der Waals surface area contributed by atoms with Crippen LogP contribution in [0.25, 0.3) is 22.3 Å². The summed E-state index contributed by atoms with van der Waals surface area (Å²) in [7, 11) is 0. The van der Waals surface area contributed by atoms with Gasteiger partial charge in [-0.2, -0.15) is 0 Å². The Bertz CT molecular complexity index is 738. The number of aromatic hydroxyl groups is 1. The maximum Gasteiger partial charge on any atom is 0.335 e. The maximum absolute atomic E-state index is 10.8. The van der Waals surface area contributed by atoms with E-state index in [1.807, 2.05) is 30.3 Å². The number of fused-ring (bicyclic) bond motifs is 1. The average Bonchev–Trinajstić information content (AvgIpc) is 2.81. The highest BCUT2D eigenvalue weighted by molar-refractivity contribution is 5.90. The van der Waals surface area contributed by atoms with Crippen LogP contribution in [0.4, 0.5) is 0 Å². The fourth-order valence-corrected chi connectivity index (χ4v) is 1.99. The van der Waals surface area contributed by atoms with Crippen molar-refractivity contribution >= 4 is 16.9 Å². The minimum Gasteiger partial charge on any atom is -0.507 e. The summed E-state index contributed by atoms with van der Waals surface area (Å²) in [6, 6.07) is 13.5. The van der Waals surface area contributed by atoms with E-state index in [-0.39, 0.29) is 11.3 Å². The van der Waals surface area contributed by atoms with Crippen molar-refractivity contribution in [3.8, 4) is 17.1 Å². The Kier molecular flexibility index (Phi) is 2.49. The Hall–Kier alpha value is -2.75. The smallest absolute Gasteiger partial charge is 0.335 e. The van der Waals surface area contributed by atoms with Gasteiger partial charge in [0.15, 0.2) is 0 Å². The molecule has 1 heterocycles. The third-order valence-corrected chi connectivity index (χ3v) is 2.94. The number of carboxylic acid groups (broad SMARTS) is 1. The molecule has 1 aromatic heterocycles. The molecule has 0 spiro atoms. The quantitative estimate of drug-likeness (QED) is 0.734. The molecule has 2 N–H and O–H groups in total. The van der Waals surface area contributed by atoms with Gasteiger partial charge in [-0.25, -0.2) is 4.79 Å². The molecule has 0 amide bonds. The predicted octanol–water partition coefficient (Wildman–Crippen LogP) is 3.50. The maximum atomic E-state index is 10.8. The second kappa shape index (κ2) is 4.17. The van der Waals surface area contributed by atoms with Gasteiger partial charge in [-0.05, 0) is 30.3 Å². The van der Waals surface area contributed by atoms with Gasteiger partial charge in [-0.1, -0.05) is 18.2 Å². The first-order valence-electron chi connectivity index (χ1n) is 5.70. The Morgan fingerprint density at radius 2 is 1.84 bits per heavy atom. The number of aromatic carboxylic acids is 1. The zero-order valence-electron chi connectivity index (χ0n) is 9.83. The standard InChI is InChI=1S/C15H10O4/c16-12-7-10(15(17)18)5-6-11(12)14-8-9-3-1-2-4-13(9)19-14/h1-8,16H,(H,17,18). The number of benzene rings is 2. The molecule has 0 fully saturated rings. The monoisotopic (exact) mass is 254 g/mol.